The molecule has 1 aromatic heterocycles. The molecule has 2 rings (SSSR count). The van der Waals surface area contributed by atoms with Crippen LogP contribution in [0.3, 0.4) is 0 Å². The summed E-state index contributed by atoms with van der Waals surface area (Å²) in [6.07, 6.45) is 2.42. The minimum absolute atomic E-state index is 0.0960. The van der Waals surface area contributed by atoms with Crippen LogP contribution in [0.15, 0.2) is 36.5 Å². The molecule has 1 atom stereocenters. The van der Waals surface area contributed by atoms with Crippen LogP contribution < -0.4 is 11.1 Å². The highest BCUT2D eigenvalue weighted by Gasteiger charge is 2.14. The van der Waals surface area contributed by atoms with Crippen molar-refractivity contribution < 1.29 is 4.79 Å². The summed E-state index contributed by atoms with van der Waals surface area (Å²) in [7, 11) is 0. The fourth-order valence-corrected chi connectivity index (χ4v) is 2.15. The number of hydrogen-bond acceptors (Lipinski definition) is 3. The Balaban J connectivity index is 1.88. The van der Waals surface area contributed by atoms with Gasteiger partial charge in [0, 0.05) is 12.7 Å². The average Bonchev–Trinajstić information content (AvgIpc) is 2.98. The molecule has 0 bridgehead atoms. The molecule has 0 aliphatic rings. The first kappa shape index (κ1) is 15.3. The molecule has 4 N–H and O–H groups in total. The molecule has 1 amide bonds. The van der Waals surface area contributed by atoms with E-state index in [2.05, 4.69) is 29.4 Å². The molecule has 0 fully saturated rings. The van der Waals surface area contributed by atoms with Crippen LogP contribution in [0.2, 0.25) is 0 Å². The number of hydrogen-bond donors (Lipinski definition) is 3. The number of carbonyl (C=O) groups is 1. The quantitative estimate of drug-likeness (QED) is 0.760. The number of rotatable bonds is 6. The topological polar surface area (TPSA) is 83.8 Å². The summed E-state index contributed by atoms with van der Waals surface area (Å²) in [6, 6.07) is 9.47. The first-order chi connectivity index (χ1) is 10.1. The zero-order valence-electron chi connectivity index (χ0n) is 12.5. The Labute approximate surface area is 124 Å². The Bertz CT molecular complexity index is 560. The second-order valence-electron chi connectivity index (χ2n) is 5.62. The summed E-state index contributed by atoms with van der Waals surface area (Å²) < 4.78 is 0. The van der Waals surface area contributed by atoms with Crippen LogP contribution in [0.25, 0.3) is 11.3 Å². The van der Waals surface area contributed by atoms with Crippen LogP contribution in [-0.2, 0) is 11.3 Å². The molecule has 0 unspecified atom stereocenters. The maximum absolute atomic E-state index is 11.9. The number of amides is 1. The molecular formula is C16H22N4O. The van der Waals surface area contributed by atoms with Crippen molar-refractivity contribution in [3.63, 3.8) is 0 Å². The highest BCUT2D eigenvalue weighted by molar-refractivity contribution is 5.81. The third kappa shape index (κ3) is 4.43. The number of benzene rings is 1. The number of nitrogens with two attached hydrogens (primary N) is 1. The van der Waals surface area contributed by atoms with E-state index < -0.39 is 6.04 Å². The zero-order chi connectivity index (χ0) is 15.2. The van der Waals surface area contributed by atoms with Crippen molar-refractivity contribution in [1.29, 1.82) is 0 Å². The molecule has 1 aromatic carbocycles. The summed E-state index contributed by atoms with van der Waals surface area (Å²) in [5.41, 5.74) is 8.94. The van der Waals surface area contributed by atoms with Crippen molar-refractivity contribution in [1.82, 2.24) is 15.5 Å². The molecule has 0 spiro atoms. The Morgan fingerprint density at radius 1 is 1.29 bits per heavy atom. The van der Waals surface area contributed by atoms with Gasteiger partial charge < -0.3 is 11.1 Å². The number of carbonyl (C=O) groups excluding carboxylic acids is 1. The minimum Gasteiger partial charge on any atom is -0.351 e. The van der Waals surface area contributed by atoms with Gasteiger partial charge in [-0.25, -0.2) is 0 Å². The van der Waals surface area contributed by atoms with E-state index in [-0.39, 0.29) is 5.91 Å². The summed E-state index contributed by atoms with van der Waals surface area (Å²) in [5.74, 6) is 0.320. The maximum Gasteiger partial charge on any atom is 0.237 e. The van der Waals surface area contributed by atoms with Crippen molar-refractivity contribution in [3.05, 3.63) is 42.1 Å². The molecule has 0 radical (unpaired) electrons. The van der Waals surface area contributed by atoms with Crippen molar-refractivity contribution in [2.45, 2.75) is 32.9 Å². The van der Waals surface area contributed by atoms with Gasteiger partial charge in [0.25, 0.3) is 0 Å². The van der Waals surface area contributed by atoms with Crippen LogP contribution in [0.5, 0.6) is 0 Å². The van der Waals surface area contributed by atoms with E-state index in [0.29, 0.717) is 18.9 Å². The third-order valence-electron chi connectivity index (χ3n) is 3.29. The van der Waals surface area contributed by atoms with Crippen molar-refractivity contribution in [2.75, 3.05) is 0 Å². The standard InChI is InChI=1S/C16H22N4O/c1-11(2)9-14(17)16(21)18-10-12-3-5-13(6-4-12)15-7-8-19-20-15/h3-8,11,14H,9-10,17H2,1-2H3,(H,18,21)(H,19,20)/t14-/m0/s1. The predicted molar refractivity (Wildman–Crippen MR) is 83.3 cm³/mol. The van der Waals surface area contributed by atoms with Crippen LogP contribution in [-0.4, -0.2) is 22.1 Å². The molecule has 5 heteroatoms. The molecule has 0 aliphatic heterocycles. The Kier molecular flexibility index (Phi) is 5.11. The van der Waals surface area contributed by atoms with Gasteiger partial charge >= 0.3 is 0 Å². The number of aromatic nitrogens is 2. The zero-order valence-corrected chi connectivity index (χ0v) is 12.5. The van der Waals surface area contributed by atoms with E-state index in [1.807, 2.05) is 30.3 Å². The number of nitrogens with zero attached hydrogens (tertiary/aromatic N) is 1. The molecule has 112 valence electrons. The van der Waals surface area contributed by atoms with Gasteiger partial charge in [0.15, 0.2) is 0 Å². The van der Waals surface area contributed by atoms with Crippen LogP contribution in [0.1, 0.15) is 25.8 Å². The highest BCUT2D eigenvalue weighted by Crippen LogP contribution is 2.16. The van der Waals surface area contributed by atoms with Crippen molar-refractivity contribution in [2.24, 2.45) is 11.7 Å². The summed E-state index contributed by atoms with van der Waals surface area (Å²) in [4.78, 5) is 11.9. The summed E-state index contributed by atoms with van der Waals surface area (Å²) in [6.45, 7) is 4.61. The fraction of sp³-hybridized carbons (Fsp3) is 0.375. The normalized spacial score (nSPS) is 12.4. The lowest BCUT2D eigenvalue weighted by molar-refractivity contribution is -0.122. The Hall–Kier alpha value is -2.14. The maximum atomic E-state index is 11.9. The first-order valence-electron chi connectivity index (χ1n) is 7.18. The van der Waals surface area contributed by atoms with Gasteiger partial charge in [-0.2, -0.15) is 5.10 Å². The molecule has 1 heterocycles. The first-order valence-corrected chi connectivity index (χ1v) is 7.18. The predicted octanol–water partition coefficient (Wildman–Crippen LogP) is 2.07. The lowest BCUT2D eigenvalue weighted by Crippen LogP contribution is -2.40. The van der Waals surface area contributed by atoms with Gasteiger partial charge in [0.05, 0.1) is 11.7 Å². The monoisotopic (exact) mass is 286 g/mol. The Morgan fingerprint density at radius 3 is 2.57 bits per heavy atom. The lowest BCUT2D eigenvalue weighted by Gasteiger charge is -2.14. The third-order valence-corrected chi connectivity index (χ3v) is 3.29. The van der Waals surface area contributed by atoms with Crippen LogP contribution >= 0.6 is 0 Å². The number of nitrogens with one attached hydrogen (secondary N) is 2. The minimum atomic E-state index is -0.436. The second kappa shape index (κ2) is 7.04. The van der Waals surface area contributed by atoms with E-state index in [1.54, 1.807) is 6.20 Å². The molecular weight excluding hydrogens is 264 g/mol. The van der Waals surface area contributed by atoms with Gasteiger partial charge in [-0.15, -0.1) is 0 Å². The molecule has 2 aromatic rings. The number of aromatic amines is 1. The molecule has 0 saturated heterocycles. The van der Waals surface area contributed by atoms with E-state index in [9.17, 15) is 4.79 Å². The van der Waals surface area contributed by atoms with E-state index in [1.165, 1.54) is 0 Å². The largest absolute Gasteiger partial charge is 0.351 e. The highest BCUT2D eigenvalue weighted by atomic mass is 16.2. The lowest BCUT2D eigenvalue weighted by atomic mass is 10.0. The SMILES string of the molecule is CC(C)C[C@H](N)C(=O)NCc1ccc(-c2ccn[nH]2)cc1. The molecule has 21 heavy (non-hydrogen) atoms. The summed E-state index contributed by atoms with van der Waals surface area (Å²) >= 11 is 0. The van der Waals surface area contributed by atoms with E-state index >= 15 is 0 Å². The van der Waals surface area contributed by atoms with Gasteiger partial charge in [-0.1, -0.05) is 38.1 Å². The van der Waals surface area contributed by atoms with Crippen molar-refractivity contribution in [3.8, 4) is 11.3 Å². The Morgan fingerprint density at radius 2 is 2.00 bits per heavy atom. The molecule has 5 nitrogen and oxygen atoms in total. The van der Waals surface area contributed by atoms with Crippen LogP contribution in [0, 0.1) is 5.92 Å². The van der Waals surface area contributed by atoms with Crippen molar-refractivity contribution >= 4 is 5.91 Å². The number of H-pyrrole nitrogens is 1. The average molecular weight is 286 g/mol. The van der Waals surface area contributed by atoms with E-state index in [4.69, 9.17) is 5.73 Å². The summed E-state index contributed by atoms with van der Waals surface area (Å²) in [5, 5.41) is 9.72. The van der Waals surface area contributed by atoms with E-state index in [0.717, 1.165) is 16.8 Å². The van der Waals surface area contributed by atoms with Gasteiger partial charge in [0.1, 0.15) is 0 Å². The second-order valence-corrected chi connectivity index (χ2v) is 5.62. The van der Waals surface area contributed by atoms with Gasteiger partial charge in [-0.05, 0) is 29.5 Å². The van der Waals surface area contributed by atoms with Gasteiger partial charge in [0.2, 0.25) is 5.91 Å². The van der Waals surface area contributed by atoms with Gasteiger partial charge in [-0.3, -0.25) is 9.89 Å². The molecule has 0 saturated carbocycles. The fourth-order valence-electron chi connectivity index (χ4n) is 2.15. The van der Waals surface area contributed by atoms with Crippen LogP contribution in [0.4, 0.5) is 0 Å². The molecule has 0 aliphatic carbocycles. The smallest absolute Gasteiger partial charge is 0.237 e.